The van der Waals surface area contributed by atoms with E-state index < -0.39 is 6.03 Å². The molecule has 1 aromatic carbocycles. The van der Waals surface area contributed by atoms with Crippen LogP contribution in [0, 0.1) is 5.82 Å². The number of halogens is 1. The lowest BCUT2D eigenvalue weighted by atomic mass is 10.3. The molecule has 0 fully saturated rings. The first kappa shape index (κ1) is 10.5. The van der Waals surface area contributed by atoms with Gasteiger partial charge in [-0.15, -0.1) is 0 Å². The summed E-state index contributed by atoms with van der Waals surface area (Å²) < 4.78 is 12.5. The molecule has 0 saturated heterocycles. The highest BCUT2D eigenvalue weighted by Crippen LogP contribution is 2.08. The van der Waals surface area contributed by atoms with Gasteiger partial charge in [-0.25, -0.2) is 14.2 Å². The molecule has 0 atom stereocenters. The Morgan fingerprint density at radius 2 is 2.00 bits per heavy atom. The highest BCUT2D eigenvalue weighted by atomic mass is 19.1. The molecular weight excluding hydrogens is 187 g/mol. The van der Waals surface area contributed by atoms with E-state index >= 15 is 0 Å². The van der Waals surface area contributed by atoms with E-state index in [1.165, 1.54) is 38.4 Å². The lowest BCUT2D eigenvalue weighted by Gasteiger charge is -2.14. The van der Waals surface area contributed by atoms with E-state index in [0.717, 1.165) is 5.06 Å². The van der Waals surface area contributed by atoms with E-state index in [2.05, 4.69) is 10.2 Å². The minimum absolute atomic E-state index is 0.344. The first-order valence-electron chi connectivity index (χ1n) is 3.98. The molecule has 0 spiro atoms. The summed E-state index contributed by atoms with van der Waals surface area (Å²) in [6.45, 7) is 0. The summed E-state index contributed by atoms with van der Waals surface area (Å²) in [6, 6.07) is 5.05. The molecule has 0 heterocycles. The van der Waals surface area contributed by atoms with Crippen LogP contribution in [0.4, 0.5) is 14.9 Å². The van der Waals surface area contributed by atoms with E-state index in [1.807, 2.05) is 0 Å². The maximum Gasteiger partial charge on any atom is 0.345 e. The average molecular weight is 198 g/mol. The number of urea groups is 1. The van der Waals surface area contributed by atoms with Crippen LogP contribution in [-0.2, 0) is 4.84 Å². The first-order chi connectivity index (χ1) is 6.63. The molecule has 14 heavy (non-hydrogen) atoms. The van der Waals surface area contributed by atoms with Crippen molar-refractivity contribution in [1.29, 1.82) is 0 Å². The second kappa shape index (κ2) is 4.57. The van der Waals surface area contributed by atoms with Crippen molar-refractivity contribution in [2.75, 3.05) is 19.5 Å². The Balaban J connectivity index is 2.60. The lowest BCUT2D eigenvalue weighted by Crippen LogP contribution is -2.30. The van der Waals surface area contributed by atoms with Crippen molar-refractivity contribution in [2.24, 2.45) is 0 Å². The van der Waals surface area contributed by atoms with Crippen molar-refractivity contribution in [3.63, 3.8) is 0 Å². The van der Waals surface area contributed by atoms with E-state index in [1.54, 1.807) is 0 Å². The molecule has 4 nitrogen and oxygen atoms in total. The monoisotopic (exact) mass is 198 g/mol. The number of nitrogens with zero attached hydrogens (tertiary/aromatic N) is 1. The summed E-state index contributed by atoms with van der Waals surface area (Å²) >= 11 is 0. The van der Waals surface area contributed by atoms with Gasteiger partial charge in [-0.1, -0.05) is 0 Å². The van der Waals surface area contributed by atoms with E-state index in [-0.39, 0.29) is 5.82 Å². The molecule has 1 rings (SSSR count). The SMILES string of the molecule is CON(C)C(=O)Nc1ccc(F)cc1. The van der Waals surface area contributed by atoms with Crippen LogP contribution >= 0.6 is 0 Å². The number of carbonyl (C=O) groups excluding carboxylic acids is 1. The number of rotatable bonds is 2. The van der Waals surface area contributed by atoms with E-state index in [4.69, 9.17) is 0 Å². The Kier molecular flexibility index (Phi) is 3.41. The van der Waals surface area contributed by atoms with Crippen LogP contribution in [0.2, 0.25) is 0 Å². The molecule has 0 saturated carbocycles. The number of amides is 2. The van der Waals surface area contributed by atoms with Crippen molar-refractivity contribution in [3.05, 3.63) is 30.1 Å². The average Bonchev–Trinajstić information content (AvgIpc) is 2.20. The molecule has 0 aromatic heterocycles. The highest BCUT2D eigenvalue weighted by molar-refractivity contribution is 5.88. The number of hydrogen-bond donors (Lipinski definition) is 1. The van der Waals surface area contributed by atoms with Crippen LogP contribution in [0.5, 0.6) is 0 Å². The summed E-state index contributed by atoms with van der Waals surface area (Å²) in [6.07, 6.45) is 0. The fourth-order valence-electron chi connectivity index (χ4n) is 0.818. The number of carbonyl (C=O) groups is 1. The molecule has 1 aromatic rings. The van der Waals surface area contributed by atoms with Crippen molar-refractivity contribution < 1.29 is 14.0 Å². The number of hydroxylamine groups is 2. The molecular formula is C9H11FN2O2. The Labute approximate surface area is 81.2 Å². The first-order valence-corrected chi connectivity index (χ1v) is 3.98. The predicted octanol–water partition coefficient (Wildman–Crippen LogP) is 1.85. The van der Waals surface area contributed by atoms with Crippen LogP contribution in [0.15, 0.2) is 24.3 Å². The molecule has 0 aliphatic rings. The minimum atomic E-state index is -0.417. The van der Waals surface area contributed by atoms with Crippen LogP contribution in [-0.4, -0.2) is 25.3 Å². The maximum absolute atomic E-state index is 12.5. The smallest absolute Gasteiger partial charge is 0.306 e. The molecule has 0 unspecified atom stereocenters. The highest BCUT2D eigenvalue weighted by Gasteiger charge is 2.06. The fourth-order valence-corrected chi connectivity index (χ4v) is 0.818. The zero-order chi connectivity index (χ0) is 10.6. The van der Waals surface area contributed by atoms with Crippen molar-refractivity contribution in [2.45, 2.75) is 0 Å². The summed E-state index contributed by atoms with van der Waals surface area (Å²) in [5.74, 6) is -0.344. The largest absolute Gasteiger partial charge is 0.345 e. The van der Waals surface area contributed by atoms with Crippen molar-refractivity contribution in [1.82, 2.24) is 5.06 Å². The van der Waals surface area contributed by atoms with Gasteiger partial charge in [0.05, 0.1) is 7.11 Å². The Bertz CT molecular complexity index is 313. The lowest BCUT2D eigenvalue weighted by molar-refractivity contribution is -0.0598. The van der Waals surface area contributed by atoms with Gasteiger partial charge >= 0.3 is 6.03 Å². The maximum atomic E-state index is 12.5. The van der Waals surface area contributed by atoms with Gasteiger partial charge in [0.25, 0.3) is 0 Å². The third-order valence-corrected chi connectivity index (χ3v) is 1.66. The van der Waals surface area contributed by atoms with E-state index in [0.29, 0.717) is 5.69 Å². The number of hydrogen-bond acceptors (Lipinski definition) is 2. The Morgan fingerprint density at radius 1 is 1.43 bits per heavy atom. The molecule has 1 N–H and O–H groups in total. The summed E-state index contributed by atoms with van der Waals surface area (Å²) in [5, 5.41) is 3.55. The van der Waals surface area contributed by atoms with Crippen molar-refractivity contribution >= 4 is 11.7 Å². The molecule has 2 amide bonds. The predicted molar refractivity (Wildman–Crippen MR) is 50.2 cm³/mol. The van der Waals surface area contributed by atoms with Gasteiger partial charge in [0.15, 0.2) is 0 Å². The number of nitrogens with one attached hydrogen (secondary N) is 1. The summed E-state index contributed by atoms with van der Waals surface area (Å²) in [7, 11) is 2.85. The van der Waals surface area contributed by atoms with Gasteiger partial charge in [-0.2, -0.15) is 0 Å². The molecule has 76 valence electrons. The normalized spacial score (nSPS) is 9.64. The second-order valence-corrected chi connectivity index (χ2v) is 2.62. The fraction of sp³-hybridized carbons (Fsp3) is 0.222. The van der Waals surface area contributed by atoms with Gasteiger partial charge in [-0.3, -0.25) is 4.84 Å². The van der Waals surface area contributed by atoms with Gasteiger partial charge < -0.3 is 5.32 Å². The van der Waals surface area contributed by atoms with E-state index in [9.17, 15) is 9.18 Å². The number of benzene rings is 1. The van der Waals surface area contributed by atoms with Crippen LogP contribution in [0.1, 0.15) is 0 Å². The summed E-state index contributed by atoms with van der Waals surface area (Å²) in [4.78, 5) is 15.9. The minimum Gasteiger partial charge on any atom is -0.306 e. The third kappa shape index (κ3) is 2.70. The van der Waals surface area contributed by atoms with Gasteiger partial charge in [-0.05, 0) is 24.3 Å². The zero-order valence-corrected chi connectivity index (χ0v) is 7.95. The summed E-state index contributed by atoms with van der Waals surface area (Å²) in [5.41, 5.74) is 0.514. The van der Waals surface area contributed by atoms with Gasteiger partial charge in [0.2, 0.25) is 0 Å². The standard InChI is InChI=1S/C9H11FN2O2/c1-12(14-2)9(13)11-8-5-3-7(10)4-6-8/h3-6H,1-2H3,(H,11,13). The van der Waals surface area contributed by atoms with Crippen LogP contribution in [0.25, 0.3) is 0 Å². The Morgan fingerprint density at radius 3 is 2.50 bits per heavy atom. The number of anilines is 1. The Hall–Kier alpha value is -1.62. The molecule has 0 aliphatic carbocycles. The second-order valence-electron chi connectivity index (χ2n) is 2.62. The third-order valence-electron chi connectivity index (χ3n) is 1.66. The molecule has 0 aliphatic heterocycles. The van der Waals surface area contributed by atoms with Crippen molar-refractivity contribution in [3.8, 4) is 0 Å². The topological polar surface area (TPSA) is 41.6 Å². The van der Waals surface area contributed by atoms with Gasteiger partial charge in [0, 0.05) is 12.7 Å². The molecule has 0 radical (unpaired) electrons. The molecule has 5 heteroatoms. The van der Waals surface area contributed by atoms with Crippen LogP contribution < -0.4 is 5.32 Å². The van der Waals surface area contributed by atoms with Crippen LogP contribution in [0.3, 0.4) is 0 Å². The van der Waals surface area contributed by atoms with Gasteiger partial charge in [0.1, 0.15) is 5.82 Å². The zero-order valence-electron chi connectivity index (χ0n) is 7.95. The quantitative estimate of drug-likeness (QED) is 0.737. The molecule has 0 bridgehead atoms.